The molecule has 1 aliphatic rings. The van der Waals surface area contributed by atoms with E-state index < -0.39 is 0 Å². The topological polar surface area (TPSA) is 114 Å². The summed E-state index contributed by atoms with van der Waals surface area (Å²) in [7, 11) is 0. The largest absolute Gasteiger partial charge is 2.00 e. The molecular formula is C10H30N4O2Zn+4. The van der Waals surface area contributed by atoms with Gasteiger partial charge in [0.2, 0.25) is 0 Å². The second-order valence-corrected chi connectivity index (χ2v) is 3.71. The summed E-state index contributed by atoms with van der Waals surface area (Å²) in [5.41, 5.74) is 0. The number of hydrogen-bond acceptors (Lipinski definition) is 4. The standard InChI is InChI=1S/C10H24N4.2H2O.Zn/c1-3-11-7-9-13-5-2-6-14-10-8-12-4-1;;;/h11-14H,1-10H2;2*1H2;/q;;;+2/p+2. The summed E-state index contributed by atoms with van der Waals surface area (Å²) in [6.07, 6.45) is 2.44. The minimum atomic E-state index is 0. The minimum Gasteiger partial charge on any atom is -0.457 e. The van der Waals surface area contributed by atoms with Gasteiger partial charge in [-0.05, 0) is 39.0 Å². The third-order valence-corrected chi connectivity index (χ3v) is 2.37. The Morgan fingerprint density at radius 1 is 0.412 bits per heavy atom. The first-order valence-corrected chi connectivity index (χ1v) is 5.83. The quantitative estimate of drug-likeness (QED) is 0.288. The molecule has 1 heterocycles. The Balaban J connectivity index is -0.000000653. The second-order valence-electron chi connectivity index (χ2n) is 3.71. The molecule has 1 aliphatic heterocycles. The summed E-state index contributed by atoms with van der Waals surface area (Å²) in [6, 6.07) is 0. The van der Waals surface area contributed by atoms with Crippen molar-refractivity contribution in [3.63, 3.8) is 0 Å². The molecule has 6 nitrogen and oxygen atoms in total. The van der Waals surface area contributed by atoms with Gasteiger partial charge < -0.3 is 32.2 Å². The summed E-state index contributed by atoms with van der Waals surface area (Å²) < 4.78 is 0. The molecule has 1 saturated heterocycles. The third-order valence-electron chi connectivity index (χ3n) is 2.37. The van der Waals surface area contributed by atoms with Gasteiger partial charge in [-0.15, -0.1) is 0 Å². The van der Waals surface area contributed by atoms with Gasteiger partial charge in [-0.3, -0.25) is 0 Å². The molecule has 0 radical (unpaired) electrons. The zero-order valence-corrected chi connectivity index (χ0v) is 13.9. The van der Waals surface area contributed by atoms with Gasteiger partial charge in [0, 0.05) is 26.2 Å². The Kier molecular flexibility index (Phi) is 24.9. The summed E-state index contributed by atoms with van der Waals surface area (Å²) in [5.74, 6) is 0. The van der Waals surface area contributed by atoms with E-state index in [2.05, 4.69) is 21.3 Å². The smallest absolute Gasteiger partial charge is 0.457 e. The normalized spacial score (nSPS) is 19.8. The second kappa shape index (κ2) is 18.7. The predicted octanol–water partition coefficient (Wildman–Crippen LogP) is -2.71. The van der Waals surface area contributed by atoms with Gasteiger partial charge in [-0.1, -0.05) is 0 Å². The van der Waals surface area contributed by atoms with Crippen molar-refractivity contribution in [2.75, 3.05) is 52.4 Å². The van der Waals surface area contributed by atoms with Crippen LogP contribution < -0.4 is 21.3 Å². The molecule has 0 aromatic heterocycles. The third kappa shape index (κ3) is 16.4. The van der Waals surface area contributed by atoms with E-state index >= 15 is 0 Å². The fourth-order valence-corrected chi connectivity index (χ4v) is 1.53. The van der Waals surface area contributed by atoms with E-state index in [0.29, 0.717) is 0 Å². The van der Waals surface area contributed by atoms with Crippen LogP contribution in [0.15, 0.2) is 0 Å². The maximum Gasteiger partial charge on any atom is 2.00 e. The first kappa shape index (κ1) is 22.6. The molecule has 0 aromatic carbocycles. The summed E-state index contributed by atoms with van der Waals surface area (Å²) in [6.45, 7) is 8.87. The van der Waals surface area contributed by atoms with E-state index in [1.165, 1.54) is 12.8 Å². The van der Waals surface area contributed by atoms with Gasteiger partial charge in [0.15, 0.2) is 0 Å². The van der Waals surface area contributed by atoms with Crippen LogP contribution in [0.2, 0.25) is 0 Å². The summed E-state index contributed by atoms with van der Waals surface area (Å²) in [4.78, 5) is 0. The van der Waals surface area contributed by atoms with Crippen LogP contribution in [0.25, 0.3) is 0 Å². The van der Waals surface area contributed by atoms with Crippen molar-refractivity contribution in [1.82, 2.24) is 21.3 Å². The fraction of sp³-hybridized carbons (Fsp3) is 1.00. The maximum absolute atomic E-state index is 3.42. The van der Waals surface area contributed by atoms with Crippen molar-refractivity contribution < 1.29 is 30.4 Å². The van der Waals surface area contributed by atoms with Crippen LogP contribution in [0.5, 0.6) is 0 Å². The number of nitrogens with one attached hydrogen (secondary N) is 4. The van der Waals surface area contributed by atoms with E-state index in [-0.39, 0.29) is 30.4 Å². The van der Waals surface area contributed by atoms with Crippen molar-refractivity contribution in [1.29, 1.82) is 0 Å². The van der Waals surface area contributed by atoms with Gasteiger partial charge in [-0.25, -0.2) is 0 Å². The van der Waals surface area contributed by atoms with E-state index in [1.807, 2.05) is 0 Å². The van der Waals surface area contributed by atoms with Gasteiger partial charge >= 0.3 is 19.5 Å². The molecule has 100 valence electrons. The summed E-state index contributed by atoms with van der Waals surface area (Å²) in [5, 5.41) is 13.7. The van der Waals surface area contributed by atoms with Crippen molar-refractivity contribution in [3.8, 4) is 0 Å². The van der Waals surface area contributed by atoms with Crippen LogP contribution in [0.3, 0.4) is 0 Å². The van der Waals surface area contributed by atoms with E-state index in [9.17, 15) is 0 Å². The van der Waals surface area contributed by atoms with Crippen LogP contribution >= 0.6 is 0 Å². The molecule has 0 amide bonds. The van der Waals surface area contributed by atoms with Crippen LogP contribution in [0.4, 0.5) is 0 Å². The Labute approximate surface area is 117 Å². The molecule has 0 aliphatic carbocycles. The van der Waals surface area contributed by atoms with Crippen molar-refractivity contribution in [2.24, 2.45) is 0 Å². The zero-order chi connectivity index (χ0) is 9.90. The van der Waals surface area contributed by atoms with Crippen LogP contribution in [-0.2, 0) is 30.4 Å². The van der Waals surface area contributed by atoms with Crippen LogP contribution in [0, 0.1) is 0 Å². The molecule has 0 bridgehead atoms. The monoisotopic (exact) mass is 302 g/mol. The molecule has 0 spiro atoms. The van der Waals surface area contributed by atoms with Crippen molar-refractivity contribution in [3.05, 3.63) is 0 Å². The van der Waals surface area contributed by atoms with Crippen molar-refractivity contribution in [2.45, 2.75) is 12.8 Å². The molecule has 10 N–H and O–H groups in total. The minimum absolute atomic E-state index is 0. The van der Waals surface area contributed by atoms with Gasteiger partial charge in [-0.2, -0.15) is 0 Å². The maximum atomic E-state index is 3.42. The average Bonchev–Trinajstić information content (AvgIpc) is 2.22. The first-order chi connectivity index (χ1) is 7.00. The number of rotatable bonds is 0. The van der Waals surface area contributed by atoms with E-state index in [0.717, 1.165) is 52.4 Å². The van der Waals surface area contributed by atoms with Crippen LogP contribution in [-0.4, -0.2) is 52.4 Å². The molecular weight excluding hydrogens is 274 g/mol. The van der Waals surface area contributed by atoms with E-state index in [1.54, 1.807) is 0 Å². The molecule has 1 rings (SSSR count). The van der Waals surface area contributed by atoms with Crippen molar-refractivity contribution >= 4 is 0 Å². The molecule has 0 atom stereocenters. The fourth-order valence-electron chi connectivity index (χ4n) is 1.53. The summed E-state index contributed by atoms with van der Waals surface area (Å²) >= 11 is 0. The van der Waals surface area contributed by atoms with Gasteiger partial charge in [0.25, 0.3) is 0 Å². The molecule has 17 heavy (non-hydrogen) atoms. The first-order valence-electron chi connectivity index (χ1n) is 5.83. The van der Waals surface area contributed by atoms with Gasteiger partial charge in [0.05, 0.1) is 0 Å². The Hall–Kier alpha value is 0.383. The molecule has 7 heteroatoms. The molecule has 0 unspecified atom stereocenters. The SMILES string of the molecule is C1CNCCNCCCNCCNC1.[OH3+].[OH3+].[Zn+2]. The Bertz CT molecular complexity index is 79.6. The Morgan fingerprint density at radius 3 is 0.882 bits per heavy atom. The molecule has 0 aromatic rings. The average molecular weight is 304 g/mol. The van der Waals surface area contributed by atoms with Crippen LogP contribution in [0.1, 0.15) is 12.8 Å². The van der Waals surface area contributed by atoms with E-state index in [4.69, 9.17) is 0 Å². The zero-order valence-electron chi connectivity index (χ0n) is 10.9. The Morgan fingerprint density at radius 2 is 0.647 bits per heavy atom. The molecule has 0 saturated carbocycles. The number of hydrogen-bond donors (Lipinski definition) is 4. The van der Waals surface area contributed by atoms with Gasteiger partial charge in [0.1, 0.15) is 0 Å². The molecule has 1 fully saturated rings. The predicted molar refractivity (Wildman–Crippen MR) is 70.5 cm³/mol.